The van der Waals surface area contributed by atoms with E-state index in [1.165, 1.54) is 27.5 Å². The minimum absolute atomic E-state index is 0.939. The normalized spacial score (nSPS) is 11.1. The highest BCUT2D eigenvalue weighted by atomic mass is 15.1. The molecule has 0 bridgehead atoms. The summed E-state index contributed by atoms with van der Waals surface area (Å²) in [4.78, 5) is 2.51. The molecule has 26 heavy (non-hydrogen) atoms. The molecule has 0 aliphatic rings. The van der Waals surface area contributed by atoms with Crippen LogP contribution in [-0.4, -0.2) is 4.90 Å². The quantitative estimate of drug-likeness (QED) is 0.414. The van der Waals surface area contributed by atoms with E-state index >= 15 is 0 Å². The summed E-state index contributed by atoms with van der Waals surface area (Å²) in [7, 11) is 0. The smallest absolute Gasteiger partial charge is 0.0241 e. The molecule has 0 atom stereocenters. The van der Waals surface area contributed by atoms with Gasteiger partial charge in [-0.2, -0.15) is 0 Å². The second kappa shape index (κ2) is 7.99. The SMILES string of the molecule is c1ccc(CN(Cc2ccccc2)Cc2ccc3ccccc3c2)cc1. The van der Waals surface area contributed by atoms with E-state index < -0.39 is 0 Å². The van der Waals surface area contributed by atoms with E-state index in [1.807, 2.05) is 0 Å². The van der Waals surface area contributed by atoms with Gasteiger partial charge in [0, 0.05) is 19.6 Å². The van der Waals surface area contributed by atoms with E-state index in [2.05, 4.69) is 108 Å². The molecule has 1 nitrogen and oxygen atoms in total. The molecule has 0 amide bonds. The average molecular weight is 337 g/mol. The molecular formula is C25H23N. The number of fused-ring (bicyclic) bond motifs is 1. The average Bonchev–Trinajstić information content (AvgIpc) is 2.69. The summed E-state index contributed by atoms with van der Waals surface area (Å²) in [5.41, 5.74) is 4.06. The van der Waals surface area contributed by atoms with Gasteiger partial charge in [0.05, 0.1) is 0 Å². The van der Waals surface area contributed by atoms with Crippen LogP contribution in [0.4, 0.5) is 0 Å². The van der Waals surface area contributed by atoms with Crippen LogP contribution in [0.3, 0.4) is 0 Å². The molecule has 0 fully saturated rings. The number of benzene rings is 4. The van der Waals surface area contributed by atoms with Gasteiger partial charge in [-0.15, -0.1) is 0 Å². The predicted octanol–water partition coefficient (Wildman–Crippen LogP) is 6.04. The first-order valence-electron chi connectivity index (χ1n) is 9.15. The molecule has 0 spiro atoms. The van der Waals surface area contributed by atoms with Crippen molar-refractivity contribution < 1.29 is 0 Å². The van der Waals surface area contributed by atoms with Gasteiger partial charge in [-0.05, 0) is 33.5 Å². The van der Waals surface area contributed by atoms with E-state index in [-0.39, 0.29) is 0 Å². The maximum Gasteiger partial charge on any atom is 0.0241 e. The lowest BCUT2D eigenvalue weighted by Crippen LogP contribution is -2.22. The molecule has 0 radical (unpaired) electrons. The molecule has 0 aliphatic carbocycles. The van der Waals surface area contributed by atoms with E-state index in [4.69, 9.17) is 0 Å². The summed E-state index contributed by atoms with van der Waals surface area (Å²) < 4.78 is 0. The van der Waals surface area contributed by atoms with Gasteiger partial charge in [0.2, 0.25) is 0 Å². The fourth-order valence-electron chi connectivity index (χ4n) is 3.45. The van der Waals surface area contributed by atoms with Gasteiger partial charge in [0.1, 0.15) is 0 Å². The molecule has 1 heteroatoms. The minimum Gasteiger partial charge on any atom is -0.291 e. The van der Waals surface area contributed by atoms with Crippen molar-refractivity contribution in [3.05, 3.63) is 120 Å². The third-order valence-electron chi connectivity index (χ3n) is 4.72. The van der Waals surface area contributed by atoms with Gasteiger partial charge in [0.25, 0.3) is 0 Å². The highest BCUT2D eigenvalue weighted by molar-refractivity contribution is 5.82. The third kappa shape index (κ3) is 4.19. The molecule has 4 rings (SSSR count). The van der Waals surface area contributed by atoms with Gasteiger partial charge in [-0.1, -0.05) is 97.1 Å². The summed E-state index contributed by atoms with van der Waals surface area (Å²) >= 11 is 0. The maximum atomic E-state index is 2.51. The Morgan fingerprint density at radius 2 is 0.923 bits per heavy atom. The third-order valence-corrected chi connectivity index (χ3v) is 4.72. The lowest BCUT2D eigenvalue weighted by atomic mass is 10.1. The van der Waals surface area contributed by atoms with Crippen LogP contribution in [0.25, 0.3) is 10.8 Å². The van der Waals surface area contributed by atoms with Gasteiger partial charge >= 0.3 is 0 Å². The van der Waals surface area contributed by atoms with Gasteiger partial charge in [0.15, 0.2) is 0 Å². The van der Waals surface area contributed by atoms with Crippen LogP contribution in [0, 0.1) is 0 Å². The predicted molar refractivity (Wildman–Crippen MR) is 110 cm³/mol. The van der Waals surface area contributed by atoms with E-state index in [1.54, 1.807) is 0 Å². The standard InChI is InChI=1S/C25H23N/c1-3-9-21(10-4-1)18-26(19-22-11-5-2-6-12-22)20-23-15-16-24-13-7-8-14-25(24)17-23/h1-17H,18-20H2. The van der Waals surface area contributed by atoms with Crippen molar-refractivity contribution in [3.8, 4) is 0 Å². The molecule has 0 aromatic heterocycles. The van der Waals surface area contributed by atoms with Crippen molar-refractivity contribution in [1.82, 2.24) is 4.90 Å². The Hall–Kier alpha value is -2.90. The largest absolute Gasteiger partial charge is 0.291 e. The fourth-order valence-corrected chi connectivity index (χ4v) is 3.45. The van der Waals surface area contributed by atoms with Crippen LogP contribution in [0.2, 0.25) is 0 Å². The van der Waals surface area contributed by atoms with Crippen LogP contribution < -0.4 is 0 Å². The van der Waals surface area contributed by atoms with Crippen molar-refractivity contribution in [2.45, 2.75) is 19.6 Å². The number of hydrogen-bond donors (Lipinski definition) is 0. The molecular weight excluding hydrogens is 314 g/mol. The molecule has 0 aliphatic heterocycles. The van der Waals surface area contributed by atoms with Crippen LogP contribution in [0.5, 0.6) is 0 Å². The van der Waals surface area contributed by atoms with Crippen molar-refractivity contribution in [1.29, 1.82) is 0 Å². The maximum absolute atomic E-state index is 2.51. The molecule has 4 aromatic rings. The summed E-state index contributed by atoms with van der Waals surface area (Å²) in [5.74, 6) is 0. The number of rotatable bonds is 6. The lowest BCUT2D eigenvalue weighted by molar-refractivity contribution is 0.248. The molecule has 128 valence electrons. The monoisotopic (exact) mass is 337 g/mol. The van der Waals surface area contributed by atoms with E-state index in [9.17, 15) is 0 Å². The fraction of sp³-hybridized carbons (Fsp3) is 0.120. The first-order chi connectivity index (χ1) is 12.9. The van der Waals surface area contributed by atoms with Crippen molar-refractivity contribution in [2.75, 3.05) is 0 Å². The Morgan fingerprint density at radius 1 is 0.423 bits per heavy atom. The van der Waals surface area contributed by atoms with Crippen LogP contribution in [0.1, 0.15) is 16.7 Å². The van der Waals surface area contributed by atoms with Crippen molar-refractivity contribution >= 4 is 10.8 Å². The Kier molecular flexibility index (Phi) is 5.09. The summed E-state index contributed by atoms with van der Waals surface area (Å²) in [6.07, 6.45) is 0. The molecule has 0 heterocycles. The zero-order valence-electron chi connectivity index (χ0n) is 14.9. The second-order valence-electron chi connectivity index (χ2n) is 6.80. The van der Waals surface area contributed by atoms with Crippen molar-refractivity contribution in [3.63, 3.8) is 0 Å². The van der Waals surface area contributed by atoms with Gasteiger partial charge in [-0.25, -0.2) is 0 Å². The van der Waals surface area contributed by atoms with Crippen LogP contribution in [0.15, 0.2) is 103 Å². The topological polar surface area (TPSA) is 3.24 Å². The lowest BCUT2D eigenvalue weighted by Gasteiger charge is -2.23. The summed E-state index contributed by atoms with van der Waals surface area (Å²) in [6.45, 7) is 2.83. The highest BCUT2D eigenvalue weighted by Gasteiger charge is 2.09. The Bertz CT molecular complexity index is 919. The number of nitrogens with zero attached hydrogens (tertiary/aromatic N) is 1. The van der Waals surface area contributed by atoms with Crippen LogP contribution in [-0.2, 0) is 19.6 Å². The highest BCUT2D eigenvalue weighted by Crippen LogP contribution is 2.19. The zero-order chi connectivity index (χ0) is 17.6. The molecule has 4 aromatic carbocycles. The van der Waals surface area contributed by atoms with Gasteiger partial charge < -0.3 is 0 Å². The Labute approximate surface area is 155 Å². The van der Waals surface area contributed by atoms with E-state index in [0.29, 0.717) is 0 Å². The van der Waals surface area contributed by atoms with Gasteiger partial charge in [-0.3, -0.25) is 4.90 Å². The molecule has 0 saturated heterocycles. The zero-order valence-corrected chi connectivity index (χ0v) is 14.9. The van der Waals surface area contributed by atoms with E-state index in [0.717, 1.165) is 19.6 Å². The Balaban J connectivity index is 1.58. The number of hydrogen-bond acceptors (Lipinski definition) is 1. The molecule has 0 N–H and O–H groups in total. The molecule has 0 saturated carbocycles. The first-order valence-corrected chi connectivity index (χ1v) is 9.15. The minimum atomic E-state index is 0.939. The summed E-state index contributed by atoms with van der Waals surface area (Å²) in [6, 6.07) is 36.8. The summed E-state index contributed by atoms with van der Waals surface area (Å²) in [5, 5.41) is 2.61. The van der Waals surface area contributed by atoms with Crippen LogP contribution >= 0.6 is 0 Å². The molecule has 0 unspecified atom stereocenters. The van der Waals surface area contributed by atoms with Crippen molar-refractivity contribution in [2.24, 2.45) is 0 Å². The first kappa shape index (κ1) is 16.6. The second-order valence-corrected chi connectivity index (χ2v) is 6.80. The Morgan fingerprint density at radius 3 is 1.54 bits per heavy atom.